The lowest BCUT2D eigenvalue weighted by Crippen LogP contribution is -2.17. The summed E-state index contributed by atoms with van der Waals surface area (Å²) >= 11 is 1.04. The number of benzene rings is 1. The Balaban J connectivity index is 1.84. The lowest BCUT2D eigenvalue weighted by Gasteiger charge is -2.18. The normalized spacial score (nSPS) is 13.4. The van der Waals surface area contributed by atoms with Crippen LogP contribution in [0.1, 0.15) is 22.2 Å². The van der Waals surface area contributed by atoms with Crippen LogP contribution in [0.15, 0.2) is 29.2 Å². The van der Waals surface area contributed by atoms with Gasteiger partial charge in [0.15, 0.2) is 11.5 Å². The Bertz CT molecular complexity index is 903. The van der Waals surface area contributed by atoms with E-state index < -0.39 is 16.0 Å². The quantitative estimate of drug-likeness (QED) is 0.799. The van der Waals surface area contributed by atoms with E-state index in [2.05, 4.69) is 4.72 Å². The maximum Gasteiger partial charge on any atom is 0.348 e. The molecule has 3 rings (SSSR count). The van der Waals surface area contributed by atoms with Crippen LogP contribution in [0.25, 0.3) is 0 Å². The highest BCUT2D eigenvalue weighted by Crippen LogP contribution is 2.34. The van der Waals surface area contributed by atoms with Crippen LogP contribution in [0.2, 0.25) is 0 Å². The highest BCUT2D eigenvalue weighted by Gasteiger charge is 2.22. The lowest BCUT2D eigenvalue weighted by molar-refractivity contribution is 0.0531. The number of nitrogens with one attached hydrogen (secondary N) is 1. The number of sulfonamides is 1. The number of ether oxygens (including phenoxy) is 3. The zero-order valence-electron chi connectivity index (χ0n) is 13.7. The highest BCUT2D eigenvalue weighted by molar-refractivity contribution is 7.93. The molecule has 1 aliphatic heterocycles. The Hall–Kier alpha value is -2.26. The number of hydrogen-bond donors (Lipinski definition) is 1. The van der Waals surface area contributed by atoms with Crippen molar-refractivity contribution in [2.24, 2.45) is 0 Å². The molecule has 0 amide bonds. The van der Waals surface area contributed by atoms with Gasteiger partial charge in [-0.2, -0.15) is 0 Å². The molecule has 25 heavy (non-hydrogen) atoms. The van der Waals surface area contributed by atoms with Crippen LogP contribution >= 0.6 is 11.3 Å². The van der Waals surface area contributed by atoms with E-state index in [1.807, 2.05) is 0 Å². The maximum atomic E-state index is 12.6. The highest BCUT2D eigenvalue weighted by atomic mass is 32.2. The van der Waals surface area contributed by atoms with Crippen molar-refractivity contribution < 1.29 is 27.4 Å². The Labute approximate surface area is 149 Å². The third-order valence-corrected chi connectivity index (χ3v) is 6.06. The monoisotopic (exact) mass is 383 g/mol. The second-order valence-corrected chi connectivity index (χ2v) is 7.99. The Morgan fingerprint density at radius 1 is 1.24 bits per heavy atom. The fourth-order valence-corrected chi connectivity index (χ4v) is 4.58. The first-order valence-electron chi connectivity index (χ1n) is 7.60. The summed E-state index contributed by atoms with van der Waals surface area (Å²) in [5, 5.41) is 0.343. The van der Waals surface area contributed by atoms with Crippen LogP contribution in [0, 0.1) is 6.92 Å². The summed E-state index contributed by atoms with van der Waals surface area (Å²) in [7, 11) is -3.82. The zero-order chi connectivity index (χ0) is 18.0. The van der Waals surface area contributed by atoms with Crippen LogP contribution in [-0.2, 0) is 14.8 Å². The number of anilines is 1. The van der Waals surface area contributed by atoms with Gasteiger partial charge in [-0.05, 0) is 37.6 Å². The summed E-state index contributed by atoms with van der Waals surface area (Å²) in [6.07, 6.45) is 0. The largest absolute Gasteiger partial charge is 0.486 e. The fourth-order valence-electron chi connectivity index (χ4n) is 2.31. The van der Waals surface area contributed by atoms with Crippen molar-refractivity contribution in [1.82, 2.24) is 0 Å². The van der Waals surface area contributed by atoms with Crippen molar-refractivity contribution in [3.63, 3.8) is 0 Å². The molecule has 1 aromatic heterocycles. The first-order valence-corrected chi connectivity index (χ1v) is 9.90. The minimum atomic E-state index is -3.82. The topological polar surface area (TPSA) is 90.9 Å². The van der Waals surface area contributed by atoms with Gasteiger partial charge in [0, 0.05) is 6.07 Å². The smallest absolute Gasteiger partial charge is 0.348 e. The van der Waals surface area contributed by atoms with E-state index in [9.17, 15) is 13.2 Å². The molecular weight excluding hydrogens is 366 g/mol. The zero-order valence-corrected chi connectivity index (χ0v) is 15.3. The molecule has 0 atom stereocenters. The van der Waals surface area contributed by atoms with E-state index in [1.54, 1.807) is 26.0 Å². The van der Waals surface area contributed by atoms with Crippen LogP contribution < -0.4 is 14.2 Å². The molecule has 9 heteroatoms. The molecule has 0 saturated heterocycles. The maximum absolute atomic E-state index is 12.6. The number of esters is 1. The van der Waals surface area contributed by atoms with Gasteiger partial charge in [-0.3, -0.25) is 4.72 Å². The summed E-state index contributed by atoms with van der Waals surface area (Å²) in [6.45, 7) is 4.50. The molecule has 0 bridgehead atoms. The van der Waals surface area contributed by atoms with Gasteiger partial charge in [-0.25, -0.2) is 13.2 Å². The summed E-state index contributed by atoms with van der Waals surface area (Å²) in [5.74, 6) is 0.445. The van der Waals surface area contributed by atoms with Crippen molar-refractivity contribution in [3.8, 4) is 11.5 Å². The minimum Gasteiger partial charge on any atom is -0.486 e. The predicted octanol–water partition coefficient (Wildman–Crippen LogP) is 2.81. The summed E-state index contributed by atoms with van der Waals surface area (Å²) in [4.78, 5) is 12.3. The molecule has 0 spiro atoms. The number of hydrogen-bond acceptors (Lipinski definition) is 7. The van der Waals surface area contributed by atoms with E-state index >= 15 is 0 Å². The molecule has 0 saturated carbocycles. The molecular formula is C16H17NO6S2. The van der Waals surface area contributed by atoms with Gasteiger partial charge in [-0.1, -0.05) is 0 Å². The van der Waals surface area contributed by atoms with Gasteiger partial charge in [0.05, 0.1) is 11.5 Å². The average molecular weight is 383 g/mol. The SMILES string of the molecule is CCOC(=O)c1sc(NS(=O)(=O)c2ccc3c(c2)OCCO3)cc1C. The van der Waals surface area contributed by atoms with Crippen molar-refractivity contribution in [3.05, 3.63) is 34.7 Å². The van der Waals surface area contributed by atoms with E-state index in [0.29, 0.717) is 40.2 Å². The molecule has 0 radical (unpaired) electrons. The number of carbonyl (C=O) groups excluding carboxylic acids is 1. The van der Waals surface area contributed by atoms with E-state index in [-0.39, 0.29) is 11.5 Å². The van der Waals surface area contributed by atoms with Crippen LogP contribution in [-0.4, -0.2) is 34.2 Å². The summed E-state index contributed by atoms with van der Waals surface area (Å²) < 4.78 is 43.4. The molecule has 7 nitrogen and oxygen atoms in total. The number of thiophene rings is 1. The Morgan fingerprint density at radius 3 is 2.68 bits per heavy atom. The molecule has 0 fully saturated rings. The average Bonchev–Trinajstić information content (AvgIpc) is 2.94. The summed E-state index contributed by atoms with van der Waals surface area (Å²) in [6, 6.07) is 6.03. The molecule has 1 N–H and O–H groups in total. The van der Waals surface area contributed by atoms with Gasteiger partial charge in [0.25, 0.3) is 10.0 Å². The molecule has 0 unspecified atom stereocenters. The van der Waals surface area contributed by atoms with Crippen molar-refractivity contribution in [1.29, 1.82) is 0 Å². The predicted molar refractivity (Wildman–Crippen MR) is 93.3 cm³/mol. The fraction of sp³-hybridized carbons (Fsp3) is 0.312. The van der Waals surface area contributed by atoms with Gasteiger partial charge in [0.1, 0.15) is 23.1 Å². The molecule has 1 aromatic carbocycles. The number of rotatable bonds is 5. The first kappa shape index (κ1) is 17.6. The molecule has 2 heterocycles. The van der Waals surface area contributed by atoms with Crippen molar-refractivity contribution in [2.75, 3.05) is 24.5 Å². The van der Waals surface area contributed by atoms with Gasteiger partial charge >= 0.3 is 5.97 Å². The van der Waals surface area contributed by atoms with Crippen LogP contribution in [0.4, 0.5) is 5.00 Å². The van der Waals surface area contributed by atoms with Crippen LogP contribution in [0.5, 0.6) is 11.5 Å². The standard InChI is InChI=1S/C16H17NO6S2/c1-3-21-16(18)15-10(2)8-14(24-15)17-25(19,20)11-4-5-12-13(9-11)23-7-6-22-12/h4-5,8-9,17H,3,6-7H2,1-2H3. The van der Waals surface area contributed by atoms with Crippen LogP contribution in [0.3, 0.4) is 0 Å². The first-order chi connectivity index (χ1) is 11.9. The minimum absolute atomic E-state index is 0.0560. The molecule has 2 aromatic rings. The number of aryl methyl sites for hydroxylation is 1. The molecule has 0 aliphatic carbocycles. The Morgan fingerprint density at radius 2 is 1.96 bits per heavy atom. The second-order valence-electron chi connectivity index (χ2n) is 5.25. The van der Waals surface area contributed by atoms with E-state index in [1.165, 1.54) is 12.1 Å². The van der Waals surface area contributed by atoms with Crippen molar-refractivity contribution in [2.45, 2.75) is 18.7 Å². The van der Waals surface area contributed by atoms with Crippen molar-refractivity contribution >= 4 is 32.3 Å². The lowest BCUT2D eigenvalue weighted by atomic mass is 10.3. The molecule has 134 valence electrons. The number of fused-ring (bicyclic) bond motifs is 1. The molecule has 1 aliphatic rings. The van der Waals surface area contributed by atoms with E-state index in [4.69, 9.17) is 14.2 Å². The van der Waals surface area contributed by atoms with E-state index in [0.717, 1.165) is 11.3 Å². The third kappa shape index (κ3) is 3.72. The second kappa shape index (κ2) is 6.93. The summed E-state index contributed by atoms with van der Waals surface area (Å²) in [5.41, 5.74) is 0.656. The third-order valence-electron chi connectivity index (χ3n) is 3.44. The number of carbonyl (C=O) groups is 1. The van der Waals surface area contributed by atoms with Gasteiger partial charge in [-0.15, -0.1) is 11.3 Å². The Kier molecular flexibility index (Phi) is 4.87. The van der Waals surface area contributed by atoms with Gasteiger partial charge < -0.3 is 14.2 Å². The van der Waals surface area contributed by atoms with Gasteiger partial charge in [0.2, 0.25) is 0 Å².